The number of aromatic nitrogens is 5. The number of benzene rings is 7. The van der Waals surface area contributed by atoms with E-state index in [9.17, 15) is 0 Å². The number of hydrogen-bond acceptors (Lipinski definition) is 4. The van der Waals surface area contributed by atoms with Gasteiger partial charge in [0.25, 0.3) is 0 Å². The molecule has 0 saturated carbocycles. The SMILES string of the molecule is c1ccc(-c2cc(-c3cccc(-c4ccc(-c5ccc(-c6ccc7c(c6)nc(-c6ccccn6)n7-c6ccccc6)cc5)cc4)c3)nc(-c3ccccc3)n2)cc1. The maximum absolute atomic E-state index is 5.09. The molecule has 0 aliphatic heterocycles. The zero-order valence-corrected chi connectivity index (χ0v) is 30.9. The van der Waals surface area contributed by atoms with E-state index >= 15 is 0 Å². The lowest BCUT2D eigenvalue weighted by molar-refractivity contribution is 1.08. The average molecular weight is 730 g/mol. The van der Waals surface area contributed by atoms with Gasteiger partial charge in [-0.15, -0.1) is 0 Å². The average Bonchev–Trinajstić information content (AvgIpc) is 3.69. The van der Waals surface area contributed by atoms with Crippen LogP contribution >= 0.6 is 0 Å². The summed E-state index contributed by atoms with van der Waals surface area (Å²) in [6.45, 7) is 0. The van der Waals surface area contributed by atoms with Gasteiger partial charge in [0.1, 0.15) is 5.69 Å². The molecule has 0 saturated heterocycles. The predicted octanol–water partition coefficient (Wildman–Crippen LogP) is 12.9. The Balaban J connectivity index is 0.924. The van der Waals surface area contributed by atoms with Crippen LogP contribution in [0.1, 0.15) is 0 Å². The first kappa shape index (κ1) is 33.8. The van der Waals surface area contributed by atoms with Crippen LogP contribution in [0, 0.1) is 0 Å². The molecule has 0 unspecified atom stereocenters. The number of pyridine rings is 1. The molecule has 3 aromatic heterocycles. The van der Waals surface area contributed by atoms with E-state index in [1.165, 1.54) is 0 Å². The molecule has 0 fully saturated rings. The minimum absolute atomic E-state index is 0.710. The Morgan fingerprint density at radius 3 is 1.46 bits per heavy atom. The first-order chi connectivity index (χ1) is 28.2. The molecule has 0 radical (unpaired) electrons. The Morgan fingerprint density at radius 2 is 0.825 bits per heavy atom. The van der Waals surface area contributed by atoms with Crippen LogP contribution in [-0.4, -0.2) is 24.5 Å². The molecule has 3 heterocycles. The molecule has 5 heteroatoms. The first-order valence-electron chi connectivity index (χ1n) is 19.0. The topological polar surface area (TPSA) is 56.5 Å². The van der Waals surface area contributed by atoms with Crippen molar-refractivity contribution in [1.82, 2.24) is 24.5 Å². The molecule has 5 nitrogen and oxygen atoms in total. The van der Waals surface area contributed by atoms with Crippen molar-refractivity contribution < 1.29 is 0 Å². The van der Waals surface area contributed by atoms with Gasteiger partial charge in [-0.3, -0.25) is 9.55 Å². The van der Waals surface area contributed by atoms with Gasteiger partial charge in [-0.2, -0.15) is 0 Å². The van der Waals surface area contributed by atoms with Crippen molar-refractivity contribution in [3.63, 3.8) is 0 Å². The molecule has 268 valence electrons. The Labute approximate surface area is 331 Å². The van der Waals surface area contributed by atoms with Gasteiger partial charge >= 0.3 is 0 Å². The third kappa shape index (κ3) is 6.79. The van der Waals surface area contributed by atoms with Crippen LogP contribution in [0.2, 0.25) is 0 Å². The molecule has 0 atom stereocenters. The van der Waals surface area contributed by atoms with Crippen LogP contribution in [0.4, 0.5) is 0 Å². The molecular formula is C52H35N5. The summed E-state index contributed by atoms with van der Waals surface area (Å²) >= 11 is 0. The van der Waals surface area contributed by atoms with Crippen LogP contribution in [0.3, 0.4) is 0 Å². The molecule has 0 aliphatic carbocycles. The van der Waals surface area contributed by atoms with Crippen LogP contribution in [-0.2, 0) is 0 Å². The summed E-state index contributed by atoms with van der Waals surface area (Å²) in [4.78, 5) is 19.7. The second kappa shape index (κ2) is 14.8. The minimum Gasteiger partial charge on any atom is -0.291 e. The highest BCUT2D eigenvalue weighted by atomic mass is 15.1. The fraction of sp³-hybridized carbons (Fsp3) is 0. The van der Waals surface area contributed by atoms with Crippen molar-refractivity contribution in [1.29, 1.82) is 0 Å². The number of rotatable bonds is 8. The first-order valence-corrected chi connectivity index (χ1v) is 19.0. The molecule has 0 spiro atoms. The highest BCUT2D eigenvalue weighted by Crippen LogP contribution is 2.34. The maximum atomic E-state index is 5.09. The van der Waals surface area contributed by atoms with Crippen molar-refractivity contribution in [2.45, 2.75) is 0 Å². The lowest BCUT2D eigenvalue weighted by Gasteiger charge is -2.11. The number of fused-ring (bicyclic) bond motifs is 1. The largest absolute Gasteiger partial charge is 0.291 e. The highest BCUT2D eigenvalue weighted by molar-refractivity contribution is 5.87. The molecule has 7 aromatic carbocycles. The summed E-state index contributed by atoms with van der Waals surface area (Å²) in [6, 6.07) is 71.5. The Kier molecular flexibility index (Phi) is 8.78. The number of hydrogen-bond donors (Lipinski definition) is 0. The van der Waals surface area contributed by atoms with E-state index < -0.39 is 0 Å². The highest BCUT2D eigenvalue weighted by Gasteiger charge is 2.16. The summed E-state index contributed by atoms with van der Waals surface area (Å²) < 4.78 is 2.18. The third-order valence-corrected chi connectivity index (χ3v) is 10.3. The fourth-order valence-corrected chi connectivity index (χ4v) is 7.40. The van der Waals surface area contributed by atoms with Crippen molar-refractivity contribution in [3.05, 3.63) is 212 Å². The predicted molar refractivity (Wildman–Crippen MR) is 233 cm³/mol. The van der Waals surface area contributed by atoms with Crippen molar-refractivity contribution in [2.24, 2.45) is 0 Å². The zero-order valence-electron chi connectivity index (χ0n) is 30.9. The molecule has 0 N–H and O–H groups in total. The van der Waals surface area contributed by atoms with Crippen LogP contribution in [0.5, 0.6) is 0 Å². The van der Waals surface area contributed by atoms with Crippen LogP contribution < -0.4 is 0 Å². The Hall–Kier alpha value is -7.76. The number of imidazole rings is 1. The van der Waals surface area contributed by atoms with Gasteiger partial charge in [-0.1, -0.05) is 158 Å². The van der Waals surface area contributed by atoms with E-state index in [1.807, 2.05) is 66.9 Å². The van der Waals surface area contributed by atoms with E-state index in [0.717, 1.165) is 89.7 Å². The quantitative estimate of drug-likeness (QED) is 0.156. The maximum Gasteiger partial charge on any atom is 0.164 e. The molecule has 0 aliphatic rings. The third-order valence-electron chi connectivity index (χ3n) is 10.3. The summed E-state index contributed by atoms with van der Waals surface area (Å²) in [6.07, 6.45) is 1.81. The monoisotopic (exact) mass is 729 g/mol. The van der Waals surface area contributed by atoms with Gasteiger partial charge < -0.3 is 0 Å². The van der Waals surface area contributed by atoms with Gasteiger partial charge in [0.15, 0.2) is 11.6 Å². The molecule has 10 rings (SSSR count). The number of nitrogens with zero attached hydrogens (tertiary/aromatic N) is 5. The van der Waals surface area contributed by atoms with E-state index in [4.69, 9.17) is 15.0 Å². The van der Waals surface area contributed by atoms with Gasteiger partial charge in [-0.05, 0) is 81.9 Å². The van der Waals surface area contributed by atoms with Crippen molar-refractivity contribution >= 4 is 11.0 Å². The van der Waals surface area contributed by atoms with Gasteiger partial charge in [0, 0.05) is 28.6 Å². The van der Waals surface area contributed by atoms with E-state index in [-0.39, 0.29) is 0 Å². The summed E-state index contributed by atoms with van der Waals surface area (Å²) in [5.41, 5.74) is 15.6. The summed E-state index contributed by atoms with van der Waals surface area (Å²) in [5, 5.41) is 0. The lowest BCUT2D eigenvalue weighted by atomic mass is 9.97. The van der Waals surface area contributed by atoms with Crippen LogP contribution in [0.15, 0.2) is 212 Å². The Morgan fingerprint density at radius 1 is 0.316 bits per heavy atom. The molecular weight excluding hydrogens is 695 g/mol. The molecule has 0 bridgehead atoms. The summed E-state index contributed by atoms with van der Waals surface area (Å²) in [7, 11) is 0. The minimum atomic E-state index is 0.710. The molecule has 0 amide bonds. The Bertz CT molecular complexity index is 2900. The van der Waals surface area contributed by atoms with Gasteiger partial charge in [0.05, 0.1) is 22.4 Å². The number of para-hydroxylation sites is 1. The smallest absolute Gasteiger partial charge is 0.164 e. The fourth-order valence-electron chi connectivity index (χ4n) is 7.40. The second-order valence-electron chi connectivity index (χ2n) is 14.0. The zero-order chi connectivity index (χ0) is 38.0. The van der Waals surface area contributed by atoms with E-state index in [1.54, 1.807) is 0 Å². The summed E-state index contributed by atoms with van der Waals surface area (Å²) in [5.74, 6) is 1.53. The normalized spacial score (nSPS) is 11.2. The van der Waals surface area contributed by atoms with Crippen molar-refractivity contribution in [3.8, 4) is 84.5 Å². The van der Waals surface area contributed by atoms with Gasteiger partial charge in [-0.25, -0.2) is 15.0 Å². The second-order valence-corrected chi connectivity index (χ2v) is 14.0. The van der Waals surface area contributed by atoms with Crippen molar-refractivity contribution in [2.75, 3.05) is 0 Å². The van der Waals surface area contributed by atoms with E-state index in [0.29, 0.717) is 5.82 Å². The molecule has 57 heavy (non-hydrogen) atoms. The lowest BCUT2D eigenvalue weighted by Crippen LogP contribution is -1.98. The van der Waals surface area contributed by atoms with E-state index in [2.05, 4.69) is 155 Å². The van der Waals surface area contributed by atoms with Gasteiger partial charge in [0.2, 0.25) is 0 Å². The standard InChI is InChI=1S/C52H35N5/c1-4-13-40(14-5-1)47-35-48(55-51(54-47)41-15-6-2-7-16-41)44-18-12-17-42(33-44)38-26-22-36(23-27-38)37-24-28-39(29-25-37)43-30-31-50-49(34-43)56-52(46-21-10-11-32-53-46)57(50)45-19-8-3-9-20-45/h1-35H. The molecule has 10 aromatic rings. The van der Waals surface area contributed by atoms with Crippen LogP contribution in [0.25, 0.3) is 95.5 Å².